The van der Waals surface area contributed by atoms with Gasteiger partial charge in [-0.05, 0) is 30.6 Å². The normalized spacial score (nSPS) is 33.3. The molecule has 1 saturated carbocycles. The van der Waals surface area contributed by atoms with Crippen LogP contribution in [-0.4, -0.2) is 29.2 Å². The molecule has 0 aromatic heterocycles. The fraction of sp³-hybridized carbons (Fsp3) is 0.923. The van der Waals surface area contributed by atoms with E-state index >= 15 is 0 Å². The monoisotopic (exact) mass is 287 g/mol. The van der Waals surface area contributed by atoms with Crippen LogP contribution in [0.5, 0.6) is 0 Å². The molecule has 0 spiro atoms. The lowest BCUT2D eigenvalue weighted by Crippen LogP contribution is -2.38. The van der Waals surface area contributed by atoms with Crippen molar-refractivity contribution in [3.8, 4) is 0 Å². The van der Waals surface area contributed by atoms with Crippen molar-refractivity contribution in [3.05, 3.63) is 0 Å². The average Bonchev–Trinajstić information content (AvgIpc) is 2.82. The Labute approximate surface area is 107 Å². The Morgan fingerprint density at radius 3 is 2.69 bits per heavy atom. The van der Waals surface area contributed by atoms with Crippen molar-refractivity contribution < 1.29 is 4.79 Å². The number of alkyl halides is 1. The number of rotatable bonds is 2. The smallest absolute Gasteiger partial charge is 0.226 e. The standard InChI is InChI=1S/C13H22BrNO/c1-13(2)6-3-4-11(13)12(16)15-7-5-10(8-14)9-15/h10-11H,3-9H2,1-2H3. The quantitative estimate of drug-likeness (QED) is 0.715. The van der Waals surface area contributed by atoms with Crippen molar-refractivity contribution in [1.82, 2.24) is 4.90 Å². The summed E-state index contributed by atoms with van der Waals surface area (Å²) in [5.74, 6) is 1.38. The molecule has 2 fully saturated rings. The Balaban J connectivity index is 1.98. The van der Waals surface area contributed by atoms with Gasteiger partial charge in [-0.25, -0.2) is 0 Å². The highest BCUT2D eigenvalue weighted by Gasteiger charge is 2.42. The molecular weight excluding hydrogens is 266 g/mol. The zero-order chi connectivity index (χ0) is 11.8. The van der Waals surface area contributed by atoms with Gasteiger partial charge in [0.05, 0.1) is 0 Å². The third-order valence-corrected chi connectivity index (χ3v) is 5.29. The summed E-state index contributed by atoms with van der Waals surface area (Å²) in [6, 6.07) is 0. The van der Waals surface area contributed by atoms with Crippen LogP contribution in [0.3, 0.4) is 0 Å². The van der Waals surface area contributed by atoms with Crippen LogP contribution in [0.25, 0.3) is 0 Å². The minimum absolute atomic E-state index is 0.226. The number of likely N-dealkylation sites (tertiary alicyclic amines) is 1. The van der Waals surface area contributed by atoms with Crippen molar-refractivity contribution in [3.63, 3.8) is 0 Å². The summed E-state index contributed by atoms with van der Waals surface area (Å²) in [6.07, 6.45) is 4.70. The van der Waals surface area contributed by atoms with E-state index in [-0.39, 0.29) is 11.3 Å². The van der Waals surface area contributed by atoms with Crippen molar-refractivity contribution >= 4 is 21.8 Å². The maximum absolute atomic E-state index is 12.4. The summed E-state index contributed by atoms with van der Waals surface area (Å²) in [4.78, 5) is 14.5. The highest BCUT2D eigenvalue weighted by atomic mass is 79.9. The maximum Gasteiger partial charge on any atom is 0.226 e. The van der Waals surface area contributed by atoms with Gasteiger partial charge in [0.15, 0.2) is 0 Å². The molecule has 0 bridgehead atoms. The van der Waals surface area contributed by atoms with E-state index < -0.39 is 0 Å². The first-order valence-corrected chi connectivity index (χ1v) is 7.51. The lowest BCUT2D eigenvalue weighted by Gasteiger charge is -2.30. The number of hydrogen-bond acceptors (Lipinski definition) is 1. The van der Waals surface area contributed by atoms with Crippen LogP contribution in [0.4, 0.5) is 0 Å². The Hall–Kier alpha value is -0.0500. The molecule has 2 rings (SSSR count). The largest absolute Gasteiger partial charge is 0.342 e. The predicted octanol–water partition coefficient (Wildman–Crippen LogP) is 3.06. The molecule has 3 heteroatoms. The van der Waals surface area contributed by atoms with Crippen LogP contribution in [0.15, 0.2) is 0 Å². The van der Waals surface area contributed by atoms with Crippen molar-refractivity contribution in [2.24, 2.45) is 17.3 Å². The molecule has 2 atom stereocenters. The van der Waals surface area contributed by atoms with E-state index in [9.17, 15) is 4.79 Å². The van der Waals surface area contributed by atoms with Crippen LogP contribution >= 0.6 is 15.9 Å². The second kappa shape index (κ2) is 4.67. The average molecular weight is 288 g/mol. The summed E-state index contributed by atoms with van der Waals surface area (Å²) < 4.78 is 0. The van der Waals surface area contributed by atoms with Crippen molar-refractivity contribution in [2.45, 2.75) is 39.5 Å². The molecule has 0 aromatic rings. The maximum atomic E-state index is 12.4. The Bertz CT molecular complexity index is 277. The molecule has 1 saturated heterocycles. The number of nitrogens with zero attached hydrogens (tertiary/aromatic N) is 1. The Morgan fingerprint density at radius 1 is 1.44 bits per heavy atom. The van der Waals surface area contributed by atoms with Crippen molar-refractivity contribution in [1.29, 1.82) is 0 Å². The van der Waals surface area contributed by atoms with Gasteiger partial charge >= 0.3 is 0 Å². The molecule has 1 heterocycles. The van der Waals surface area contributed by atoms with E-state index in [0.29, 0.717) is 11.8 Å². The van der Waals surface area contributed by atoms with Crippen LogP contribution in [0.1, 0.15) is 39.5 Å². The van der Waals surface area contributed by atoms with Gasteiger partial charge < -0.3 is 4.90 Å². The van der Waals surface area contributed by atoms with Gasteiger partial charge in [0.1, 0.15) is 0 Å². The number of carbonyl (C=O) groups excluding carboxylic acids is 1. The van der Waals surface area contributed by atoms with Crippen molar-refractivity contribution in [2.75, 3.05) is 18.4 Å². The first-order chi connectivity index (χ1) is 7.54. The molecule has 1 amide bonds. The molecule has 2 nitrogen and oxygen atoms in total. The number of halogens is 1. The highest BCUT2D eigenvalue weighted by molar-refractivity contribution is 9.09. The van der Waals surface area contributed by atoms with Crippen LogP contribution in [0.2, 0.25) is 0 Å². The molecule has 0 N–H and O–H groups in total. The van der Waals surface area contributed by atoms with Gasteiger partial charge in [0.2, 0.25) is 5.91 Å². The van der Waals surface area contributed by atoms with E-state index in [0.717, 1.165) is 24.8 Å². The molecule has 2 aliphatic rings. The summed E-state index contributed by atoms with van der Waals surface area (Å²) in [5, 5.41) is 1.03. The van der Waals surface area contributed by atoms with Gasteiger partial charge in [0.25, 0.3) is 0 Å². The van der Waals surface area contributed by atoms with Gasteiger partial charge in [-0.3, -0.25) is 4.79 Å². The third kappa shape index (κ3) is 2.29. The Kier molecular flexibility index (Phi) is 3.62. The molecule has 1 aliphatic heterocycles. The second-order valence-corrected chi connectivity index (χ2v) is 6.67. The first kappa shape index (κ1) is 12.4. The van der Waals surface area contributed by atoms with Gasteiger partial charge in [-0.15, -0.1) is 0 Å². The lowest BCUT2D eigenvalue weighted by atomic mass is 9.81. The van der Waals surface area contributed by atoms with E-state index in [1.165, 1.54) is 19.3 Å². The molecule has 1 aliphatic carbocycles. The Morgan fingerprint density at radius 2 is 2.19 bits per heavy atom. The summed E-state index contributed by atoms with van der Waals surface area (Å²) in [6.45, 7) is 6.44. The molecule has 16 heavy (non-hydrogen) atoms. The molecule has 2 unspecified atom stereocenters. The van der Waals surface area contributed by atoms with E-state index in [2.05, 4.69) is 34.7 Å². The first-order valence-electron chi connectivity index (χ1n) is 6.39. The number of carbonyl (C=O) groups is 1. The molecule has 92 valence electrons. The highest BCUT2D eigenvalue weighted by Crippen LogP contribution is 2.43. The number of hydrogen-bond donors (Lipinski definition) is 0. The van der Waals surface area contributed by atoms with Crippen LogP contribution in [0, 0.1) is 17.3 Å². The number of amides is 1. The zero-order valence-electron chi connectivity index (χ0n) is 10.3. The minimum Gasteiger partial charge on any atom is -0.342 e. The minimum atomic E-state index is 0.226. The molecular formula is C13H22BrNO. The fourth-order valence-electron chi connectivity index (χ4n) is 3.16. The fourth-order valence-corrected chi connectivity index (χ4v) is 3.69. The zero-order valence-corrected chi connectivity index (χ0v) is 11.9. The molecule has 0 radical (unpaired) electrons. The summed E-state index contributed by atoms with van der Waals surface area (Å²) in [5.41, 5.74) is 0.226. The topological polar surface area (TPSA) is 20.3 Å². The molecule has 0 aromatic carbocycles. The van der Waals surface area contributed by atoms with E-state index in [1.807, 2.05) is 0 Å². The summed E-state index contributed by atoms with van der Waals surface area (Å²) in [7, 11) is 0. The third-order valence-electron chi connectivity index (χ3n) is 4.37. The lowest BCUT2D eigenvalue weighted by molar-refractivity contribution is -0.137. The van der Waals surface area contributed by atoms with E-state index in [4.69, 9.17) is 0 Å². The van der Waals surface area contributed by atoms with Gasteiger partial charge in [-0.2, -0.15) is 0 Å². The van der Waals surface area contributed by atoms with Gasteiger partial charge in [0, 0.05) is 24.3 Å². The SMILES string of the molecule is CC1(C)CCCC1C(=O)N1CCC(CBr)C1. The van der Waals surface area contributed by atoms with E-state index in [1.54, 1.807) is 0 Å². The van der Waals surface area contributed by atoms with Crippen LogP contribution < -0.4 is 0 Å². The van der Waals surface area contributed by atoms with Gasteiger partial charge in [-0.1, -0.05) is 36.2 Å². The second-order valence-electron chi connectivity index (χ2n) is 6.03. The van der Waals surface area contributed by atoms with Crippen LogP contribution in [-0.2, 0) is 4.79 Å². The predicted molar refractivity (Wildman–Crippen MR) is 69.6 cm³/mol. The summed E-state index contributed by atoms with van der Waals surface area (Å²) >= 11 is 3.52.